The number of halogens is 1. The van der Waals surface area contributed by atoms with E-state index in [0.717, 1.165) is 6.42 Å². The number of furan rings is 1. The lowest BCUT2D eigenvalue weighted by molar-refractivity contribution is -0.116. The lowest BCUT2D eigenvalue weighted by Crippen LogP contribution is -2.15. The summed E-state index contributed by atoms with van der Waals surface area (Å²) in [7, 11) is 0. The van der Waals surface area contributed by atoms with Gasteiger partial charge in [0.05, 0.1) is 22.5 Å². The van der Waals surface area contributed by atoms with Crippen LogP contribution in [-0.2, 0) is 4.79 Å². The molecule has 0 aliphatic rings. The summed E-state index contributed by atoms with van der Waals surface area (Å²) in [6.07, 6.45) is 2.70. The van der Waals surface area contributed by atoms with Crippen LogP contribution >= 0.6 is 11.6 Å². The smallest absolute Gasteiger partial charge is 0.259 e. The fourth-order valence-corrected chi connectivity index (χ4v) is 2.46. The molecule has 1 heterocycles. The van der Waals surface area contributed by atoms with Crippen molar-refractivity contribution in [2.45, 2.75) is 39.5 Å². The van der Waals surface area contributed by atoms with Crippen molar-refractivity contribution in [3.8, 4) is 0 Å². The zero-order valence-electron chi connectivity index (χ0n) is 14.0. The SMILES string of the molecule is CCCC(=O)Nc1ccc(Cl)c(NC(=O)c2ccoc2C(C)C)c1. The van der Waals surface area contributed by atoms with Crippen molar-refractivity contribution >= 4 is 34.8 Å². The minimum absolute atomic E-state index is 0.0750. The van der Waals surface area contributed by atoms with Crippen LogP contribution in [-0.4, -0.2) is 11.8 Å². The summed E-state index contributed by atoms with van der Waals surface area (Å²) in [6.45, 7) is 5.84. The van der Waals surface area contributed by atoms with Gasteiger partial charge in [0.15, 0.2) is 0 Å². The average Bonchev–Trinajstić information content (AvgIpc) is 3.00. The number of amides is 2. The molecule has 0 aliphatic carbocycles. The van der Waals surface area contributed by atoms with Gasteiger partial charge in [-0.3, -0.25) is 9.59 Å². The number of benzene rings is 1. The van der Waals surface area contributed by atoms with Gasteiger partial charge in [-0.25, -0.2) is 0 Å². The minimum atomic E-state index is -0.300. The van der Waals surface area contributed by atoms with Crippen molar-refractivity contribution in [2.75, 3.05) is 10.6 Å². The molecule has 2 N–H and O–H groups in total. The highest BCUT2D eigenvalue weighted by atomic mass is 35.5. The van der Waals surface area contributed by atoms with Gasteiger partial charge < -0.3 is 15.1 Å². The molecule has 0 fully saturated rings. The molecule has 1 aromatic carbocycles. The second-order valence-electron chi connectivity index (χ2n) is 5.80. The molecular weight excluding hydrogens is 328 g/mol. The van der Waals surface area contributed by atoms with Crippen LogP contribution in [0, 0.1) is 0 Å². The maximum Gasteiger partial charge on any atom is 0.259 e. The summed E-state index contributed by atoms with van der Waals surface area (Å²) in [5, 5.41) is 5.95. The first-order valence-electron chi connectivity index (χ1n) is 7.90. The van der Waals surface area contributed by atoms with Crippen LogP contribution in [0.5, 0.6) is 0 Å². The van der Waals surface area contributed by atoms with Gasteiger partial charge in [-0.1, -0.05) is 32.4 Å². The van der Waals surface area contributed by atoms with Crippen LogP contribution in [0.1, 0.15) is 55.6 Å². The third-order valence-electron chi connectivity index (χ3n) is 3.44. The highest BCUT2D eigenvalue weighted by Gasteiger charge is 2.18. The van der Waals surface area contributed by atoms with E-state index in [2.05, 4.69) is 10.6 Å². The van der Waals surface area contributed by atoms with Gasteiger partial charge in [-0.05, 0) is 30.7 Å². The standard InChI is InChI=1S/C18H21ClN2O3/c1-4-5-16(22)20-12-6-7-14(19)15(10-12)21-18(23)13-8-9-24-17(13)11(2)3/h6-11H,4-5H2,1-3H3,(H,20,22)(H,21,23). The molecule has 0 atom stereocenters. The van der Waals surface area contributed by atoms with Crippen molar-refractivity contribution in [3.05, 3.63) is 46.9 Å². The van der Waals surface area contributed by atoms with Gasteiger partial charge in [0.2, 0.25) is 5.91 Å². The maximum atomic E-state index is 12.5. The Morgan fingerprint density at radius 3 is 2.62 bits per heavy atom. The van der Waals surface area contributed by atoms with E-state index in [0.29, 0.717) is 34.1 Å². The minimum Gasteiger partial charge on any atom is -0.468 e. The third kappa shape index (κ3) is 4.38. The Kier molecular flexibility index (Phi) is 6.04. The lowest BCUT2D eigenvalue weighted by atomic mass is 10.1. The van der Waals surface area contributed by atoms with Crippen LogP contribution < -0.4 is 10.6 Å². The van der Waals surface area contributed by atoms with Crippen LogP contribution in [0.2, 0.25) is 5.02 Å². The molecule has 0 radical (unpaired) electrons. The second-order valence-corrected chi connectivity index (χ2v) is 6.21. The molecule has 128 valence electrons. The van der Waals surface area contributed by atoms with Gasteiger partial charge in [0.1, 0.15) is 5.76 Å². The van der Waals surface area contributed by atoms with Crippen LogP contribution in [0.15, 0.2) is 34.9 Å². The van der Waals surface area contributed by atoms with Crippen molar-refractivity contribution in [1.82, 2.24) is 0 Å². The third-order valence-corrected chi connectivity index (χ3v) is 3.77. The van der Waals surface area contributed by atoms with Crippen molar-refractivity contribution < 1.29 is 14.0 Å². The first kappa shape index (κ1) is 18.1. The molecule has 5 nitrogen and oxygen atoms in total. The number of nitrogens with one attached hydrogen (secondary N) is 2. The molecule has 2 rings (SSSR count). The number of hydrogen-bond acceptors (Lipinski definition) is 3. The van der Waals surface area contributed by atoms with E-state index in [1.165, 1.54) is 6.26 Å². The number of anilines is 2. The van der Waals surface area contributed by atoms with E-state index in [4.69, 9.17) is 16.0 Å². The Labute approximate surface area is 146 Å². The Hall–Kier alpha value is -2.27. The monoisotopic (exact) mass is 348 g/mol. The summed E-state index contributed by atoms with van der Waals surface area (Å²) in [4.78, 5) is 24.2. The van der Waals surface area contributed by atoms with Gasteiger partial charge in [-0.2, -0.15) is 0 Å². The van der Waals surface area contributed by atoms with Crippen LogP contribution in [0.3, 0.4) is 0 Å². The Bertz CT molecular complexity index is 738. The van der Waals surface area contributed by atoms with Crippen LogP contribution in [0.25, 0.3) is 0 Å². The number of carbonyl (C=O) groups is 2. The summed E-state index contributed by atoms with van der Waals surface area (Å²) < 4.78 is 5.37. The Balaban J connectivity index is 2.18. The van der Waals surface area contributed by atoms with E-state index in [9.17, 15) is 9.59 Å². The van der Waals surface area contributed by atoms with Gasteiger partial charge in [0, 0.05) is 18.0 Å². The fourth-order valence-electron chi connectivity index (χ4n) is 2.29. The average molecular weight is 349 g/mol. The summed E-state index contributed by atoms with van der Waals surface area (Å²) >= 11 is 6.15. The number of hydrogen-bond donors (Lipinski definition) is 2. The largest absolute Gasteiger partial charge is 0.468 e. The van der Waals surface area contributed by atoms with Gasteiger partial charge in [0.25, 0.3) is 5.91 Å². The molecule has 0 bridgehead atoms. The highest BCUT2D eigenvalue weighted by molar-refractivity contribution is 6.34. The van der Waals surface area contributed by atoms with Gasteiger partial charge in [-0.15, -0.1) is 0 Å². The van der Waals surface area contributed by atoms with Crippen molar-refractivity contribution in [1.29, 1.82) is 0 Å². The molecule has 0 aliphatic heterocycles. The Morgan fingerprint density at radius 2 is 1.96 bits per heavy atom. The maximum absolute atomic E-state index is 12.5. The topological polar surface area (TPSA) is 71.3 Å². The lowest BCUT2D eigenvalue weighted by Gasteiger charge is -2.11. The molecule has 1 aromatic heterocycles. The zero-order valence-corrected chi connectivity index (χ0v) is 14.7. The molecule has 24 heavy (non-hydrogen) atoms. The molecule has 0 unspecified atom stereocenters. The molecule has 0 saturated heterocycles. The summed E-state index contributed by atoms with van der Waals surface area (Å²) in [5.74, 6) is 0.340. The van der Waals surface area contributed by atoms with E-state index < -0.39 is 0 Å². The molecule has 0 spiro atoms. The summed E-state index contributed by atoms with van der Waals surface area (Å²) in [5.41, 5.74) is 1.50. The predicted molar refractivity (Wildman–Crippen MR) is 95.7 cm³/mol. The Morgan fingerprint density at radius 1 is 1.21 bits per heavy atom. The van der Waals surface area contributed by atoms with E-state index >= 15 is 0 Å². The quantitative estimate of drug-likeness (QED) is 0.767. The van der Waals surface area contributed by atoms with Crippen LogP contribution in [0.4, 0.5) is 11.4 Å². The molecular formula is C18H21ClN2O3. The normalized spacial score (nSPS) is 10.7. The van der Waals surface area contributed by atoms with E-state index in [-0.39, 0.29) is 17.7 Å². The first-order valence-corrected chi connectivity index (χ1v) is 8.28. The molecule has 2 aromatic rings. The second kappa shape index (κ2) is 8.02. The zero-order chi connectivity index (χ0) is 17.7. The predicted octanol–water partition coefficient (Wildman–Crippen LogP) is 5.05. The first-order chi connectivity index (χ1) is 11.4. The fraction of sp³-hybridized carbons (Fsp3) is 0.333. The highest BCUT2D eigenvalue weighted by Crippen LogP contribution is 2.28. The van der Waals surface area contributed by atoms with Crippen molar-refractivity contribution in [2.24, 2.45) is 0 Å². The van der Waals surface area contributed by atoms with Crippen molar-refractivity contribution in [3.63, 3.8) is 0 Å². The number of rotatable bonds is 6. The number of carbonyl (C=O) groups excluding carboxylic acids is 2. The van der Waals surface area contributed by atoms with E-state index in [1.54, 1.807) is 24.3 Å². The molecule has 0 saturated carbocycles. The molecule has 2 amide bonds. The van der Waals surface area contributed by atoms with E-state index in [1.807, 2.05) is 20.8 Å². The van der Waals surface area contributed by atoms with Gasteiger partial charge >= 0.3 is 0 Å². The molecule has 6 heteroatoms. The summed E-state index contributed by atoms with van der Waals surface area (Å²) in [6, 6.07) is 6.61.